The van der Waals surface area contributed by atoms with Gasteiger partial charge in [0.1, 0.15) is 22.5 Å². The molecule has 31 heavy (non-hydrogen) atoms. The summed E-state index contributed by atoms with van der Waals surface area (Å²) in [6.45, 7) is 4.22. The summed E-state index contributed by atoms with van der Waals surface area (Å²) in [6, 6.07) is 20.7. The third-order valence-electron chi connectivity index (χ3n) is 4.88. The summed E-state index contributed by atoms with van der Waals surface area (Å²) < 4.78 is 10.6. The highest BCUT2D eigenvalue weighted by atomic mass is 16.5. The lowest BCUT2D eigenvalue weighted by Gasteiger charge is -2.08. The highest BCUT2D eigenvalue weighted by Crippen LogP contribution is 2.20. The lowest BCUT2D eigenvalue weighted by molar-refractivity contribution is -0.118. The van der Waals surface area contributed by atoms with E-state index in [-0.39, 0.29) is 12.5 Å². The summed E-state index contributed by atoms with van der Waals surface area (Å²) >= 11 is 0. The van der Waals surface area contributed by atoms with Crippen LogP contribution in [0, 0.1) is 0 Å². The predicted molar refractivity (Wildman–Crippen MR) is 120 cm³/mol. The molecule has 7 nitrogen and oxygen atoms in total. The molecule has 0 aliphatic rings. The quantitative estimate of drug-likeness (QED) is 0.477. The van der Waals surface area contributed by atoms with E-state index in [1.54, 1.807) is 48.3 Å². The van der Waals surface area contributed by atoms with Crippen LogP contribution >= 0.6 is 0 Å². The maximum absolute atomic E-state index is 12.3. The van der Waals surface area contributed by atoms with E-state index in [1.807, 2.05) is 18.2 Å². The van der Waals surface area contributed by atoms with Gasteiger partial charge in [-0.05, 0) is 66.1 Å². The molecule has 0 fully saturated rings. The Balaban J connectivity index is 1.42. The summed E-state index contributed by atoms with van der Waals surface area (Å²) in [6.07, 6.45) is 0. The zero-order valence-electron chi connectivity index (χ0n) is 17.7. The molecule has 4 rings (SSSR count). The van der Waals surface area contributed by atoms with Crippen LogP contribution in [0.3, 0.4) is 0 Å². The first kappa shape index (κ1) is 20.4. The van der Waals surface area contributed by atoms with Crippen molar-refractivity contribution in [2.24, 2.45) is 0 Å². The third-order valence-corrected chi connectivity index (χ3v) is 4.88. The van der Waals surface area contributed by atoms with Crippen molar-refractivity contribution < 1.29 is 14.3 Å². The zero-order valence-corrected chi connectivity index (χ0v) is 17.7. The van der Waals surface area contributed by atoms with Crippen molar-refractivity contribution in [1.29, 1.82) is 0 Å². The van der Waals surface area contributed by atoms with Gasteiger partial charge < -0.3 is 14.8 Å². The molecule has 0 bridgehead atoms. The molecule has 1 N–H and O–H groups in total. The van der Waals surface area contributed by atoms with Crippen LogP contribution in [0.1, 0.15) is 25.3 Å². The molecule has 0 atom stereocenters. The molecule has 0 saturated carbocycles. The van der Waals surface area contributed by atoms with Crippen LogP contribution in [0.5, 0.6) is 11.5 Å². The number of ether oxygens (including phenoxy) is 2. The number of carbonyl (C=O) groups is 1. The van der Waals surface area contributed by atoms with Gasteiger partial charge in [-0.1, -0.05) is 26.0 Å². The van der Waals surface area contributed by atoms with Gasteiger partial charge >= 0.3 is 0 Å². The molecule has 0 saturated heterocycles. The Morgan fingerprint density at radius 2 is 1.61 bits per heavy atom. The Labute approximate surface area is 180 Å². The van der Waals surface area contributed by atoms with Crippen LogP contribution < -0.4 is 14.8 Å². The highest BCUT2D eigenvalue weighted by Gasteiger charge is 2.09. The highest BCUT2D eigenvalue weighted by molar-refractivity contribution is 5.93. The minimum absolute atomic E-state index is 0.0980. The number of aromatic nitrogens is 3. The van der Waals surface area contributed by atoms with Crippen molar-refractivity contribution in [2.45, 2.75) is 19.8 Å². The van der Waals surface area contributed by atoms with Gasteiger partial charge in [-0.25, -0.2) is 0 Å². The smallest absolute Gasteiger partial charge is 0.262 e. The number of methoxy groups -OCH3 is 1. The fourth-order valence-electron chi connectivity index (χ4n) is 3.12. The molecule has 0 radical (unpaired) electrons. The van der Waals surface area contributed by atoms with Crippen LogP contribution in [0.2, 0.25) is 0 Å². The van der Waals surface area contributed by atoms with E-state index in [0.29, 0.717) is 22.9 Å². The van der Waals surface area contributed by atoms with E-state index in [4.69, 9.17) is 9.47 Å². The number of hydrogen-bond donors (Lipinski definition) is 1. The van der Waals surface area contributed by atoms with Gasteiger partial charge in [0.25, 0.3) is 5.91 Å². The molecular weight excluding hydrogens is 392 g/mol. The number of nitrogens with zero attached hydrogens (tertiary/aromatic N) is 3. The third kappa shape index (κ3) is 4.83. The molecule has 0 aliphatic heterocycles. The van der Waals surface area contributed by atoms with Gasteiger partial charge in [0.15, 0.2) is 6.61 Å². The first-order valence-corrected chi connectivity index (χ1v) is 10.1. The second-order valence-electron chi connectivity index (χ2n) is 7.45. The van der Waals surface area contributed by atoms with E-state index in [1.165, 1.54) is 5.56 Å². The second kappa shape index (κ2) is 8.87. The van der Waals surface area contributed by atoms with Gasteiger partial charge in [0.05, 0.1) is 12.8 Å². The Hall–Kier alpha value is -3.87. The Bertz CT molecular complexity index is 1180. The standard InChI is InChI=1S/C24H24N4O3/c1-16(2)17-4-7-19(8-5-17)28-26-22-13-6-18(14-23(22)27-28)25-24(29)15-31-21-11-9-20(30-3)10-12-21/h4-14,16H,15H2,1-3H3,(H,25,29). The molecule has 0 spiro atoms. The normalized spacial score (nSPS) is 11.0. The summed E-state index contributed by atoms with van der Waals surface area (Å²) in [5, 5.41) is 11.9. The van der Waals surface area contributed by atoms with Crippen LogP contribution in [-0.4, -0.2) is 34.6 Å². The number of rotatable bonds is 7. The zero-order chi connectivity index (χ0) is 21.8. The summed E-state index contributed by atoms with van der Waals surface area (Å²) in [4.78, 5) is 13.9. The van der Waals surface area contributed by atoms with Gasteiger partial charge in [-0.2, -0.15) is 4.80 Å². The average Bonchev–Trinajstić information content (AvgIpc) is 3.21. The molecule has 0 unspecified atom stereocenters. The number of hydrogen-bond acceptors (Lipinski definition) is 5. The molecule has 3 aromatic carbocycles. The van der Waals surface area contributed by atoms with Crippen molar-refractivity contribution >= 4 is 22.6 Å². The lowest BCUT2D eigenvalue weighted by Crippen LogP contribution is -2.20. The van der Waals surface area contributed by atoms with E-state index in [9.17, 15) is 4.79 Å². The molecule has 1 heterocycles. The Kier molecular flexibility index (Phi) is 5.84. The molecule has 1 amide bonds. The Morgan fingerprint density at radius 1 is 0.935 bits per heavy atom. The fourth-order valence-corrected chi connectivity index (χ4v) is 3.12. The molecule has 1 aromatic heterocycles. The van der Waals surface area contributed by atoms with Crippen LogP contribution in [0.25, 0.3) is 16.7 Å². The minimum Gasteiger partial charge on any atom is -0.497 e. The SMILES string of the molecule is COc1ccc(OCC(=O)Nc2ccc3nn(-c4ccc(C(C)C)cc4)nc3c2)cc1. The van der Waals surface area contributed by atoms with Gasteiger partial charge in [0, 0.05) is 5.69 Å². The minimum atomic E-state index is -0.258. The maximum Gasteiger partial charge on any atom is 0.262 e. The van der Waals surface area contributed by atoms with Crippen LogP contribution in [0.4, 0.5) is 5.69 Å². The first-order valence-electron chi connectivity index (χ1n) is 10.1. The van der Waals surface area contributed by atoms with Gasteiger partial charge in [-0.15, -0.1) is 10.2 Å². The molecule has 158 valence electrons. The molecule has 7 heteroatoms. The van der Waals surface area contributed by atoms with Crippen molar-refractivity contribution in [3.05, 3.63) is 72.3 Å². The topological polar surface area (TPSA) is 78.3 Å². The number of anilines is 1. The summed E-state index contributed by atoms with van der Waals surface area (Å²) in [5.41, 5.74) is 4.24. The van der Waals surface area contributed by atoms with Crippen molar-refractivity contribution in [3.8, 4) is 17.2 Å². The number of nitrogens with one attached hydrogen (secondary N) is 1. The monoisotopic (exact) mass is 416 g/mol. The number of amides is 1. The van der Waals surface area contributed by atoms with E-state index >= 15 is 0 Å². The molecular formula is C24H24N4O3. The number of fused-ring (bicyclic) bond motifs is 1. The number of carbonyl (C=O) groups excluding carboxylic acids is 1. The summed E-state index contributed by atoms with van der Waals surface area (Å²) in [5.74, 6) is 1.54. The second-order valence-corrected chi connectivity index (χ2v) is 7.45. The number of benzene rings is 3. The van der Waals surface area contributed by atoms with Crippen molar-refractivity contribution in [1.82, 2.24) is 15.0 Å². The average molecular weight is 416 g/mol. The van der Waals surface area contributed by atoms with E-state index < -0.39 is 0 Å². The first-order chi connectivity index (χ1) is 15.0. The van der Waals surface area contributed by atoms with Crippen LogP contribution in [-0.2, 0) is 4.79 Å². The molecule has 4 aromatic rings. The fraction of sp³-hybridized carbons (Fsp3) is 0.208. The van der Waals surface area contributed by atoms with E-state index in [0.717, 1.165) is 17.0 Å². The lowest BCUT2D eigenvalue weighted by atomic mass is 10.0. The largest absolute Gasteiger partial charge is 0.497 e. The van der Waals surface area contributed by atoms with Crippen molar-refractivity contribution in [2.75, 3.05) is 19.0 Å². The maximum atomic E-state index is 12.3. The van der Waals surface area contributed by atoms with E-state index in [2.05, 4.69) is 41.5 Å². The molecule has 0 aliphatic carbocycles. The predicted octanol–water partition coefficient (Wildman–Crippen LogP) is 4.57. The van der Waals surface area contributed by atoms with Gasteiger partial charge in [-0.3, -0.25) is 4.79 Å². The van der Waals surface area contributed by atoms with Crippen molar-refractivity contribution in [3.63, 3.8) is 0 Å². The summed E-state index contributed by atoms with van der Waals surface area (Å²) in [7, 11) is 1.60. The van der Waals surface area contributed by atoms with Crippen LogP contribution in [0.15, 0.2) is 66.7 Å². The van der Waals surface area contributed by atoms with Gasteiger partial charge in [0.2, 0.25) is 0 Å². The Morgan fingerprint density at radius 3 is 2.29 bits per heavy atom.